The van der Waals surface area contributed by atoms with Gasteiger partial charge in [0.1, 0.15) is 6.10 Å². The Morgan fingerprint density at radius 2 is 1.85 bits per heavy atom. The van der Waals surface area contributed by atoms with Crippen molar-refractivity contribution in [2.75, 3.05) is 26.5 Å². The van der Waals surface area contributed by atoms with Crippen molar-refractivity contribution in [1.82, 2.24) is 8.87 Å². The van der Waals surface area contributed by atoms with Crippen LogP contribution in [0.1, 0.15) is 23.2 Å². The van der Waals surface area contributed by atoms with Crippen LogP contribution in [0, 0.1) is 0 Å². The second-order valence-electron chi connectivity index (χ2n) is 7.13. The second-order valence-corrected chi connectivity index (χ2v) is 8.99. The van der Waals surface area contributed by atoms with Crippen LogP contribution in [-0.2, 0) is 19.5 Å². The molecular weight excluding hydrogens is 356 g/mol. The van der Waals surface area contributed by atoms with Gasteiger partial charge in [0.05, 0.1) is 30.5 Å². The van der Waals surface area contributed by atoms with Gasteiger partial charge in [-0.25, -0.2) is 17.2 Å². The van der Waals surface area contributed by atoms with Gasteiger partial charge in [-0.2, -0.15) is 0 Å². The van der Waals surface area contributed by atoms with Gasteiger partial charge in [0.15, 0.2) is 0 Å². The first-order valence-corrected chi connectivity index (χ1v) is 10.5. The van der Waals surface area contributed by atoms with E-state index in [-0.39, 0.29) is 23.8 Å². The smallest absolute Gasteiger partial charge is 0.340 e. The number of para-hydroxylation sites is 1. The summed E-state index contributed by atoms with van der Waals surface area (Å²) in [4.78, 5) is 15.1. The van der Waals surface area contributed by atoms with Crippen molar-refractivity contribution in [3.05, 3.63) is 36.0 Å². The fourth-order valence-electron chi connectivity index (χ4n) is 3.94. The van der Waals surface area contributed by atoms with E-state index in [4.69, 9.17) is 9.47 Å². The molecule has 0 amide bonds. The molecule has 2 aromatic rings. The topological polar surface area (TPSA) is 77.8 Å². The second kappa shape index (κ2) is 6.37. The van der Waals surface area contributed by atoms with Crippen LogP contribution < -0.4 is 0 Å². The molecular formula is C18H22N2O5S. The van der Waals surface area contributed by atoms with E-state index in [2.05, 4.69) is 11.9 Å². The summed E-state index contributed by atoms with van der Waals surface area (Å²) in [5.41, 5.74) is 0.766. The molecule has 8 heteroatoms. The molecule has 2 bridgehead atoms. The summed E-state index contributed by atoms with van der Waals surface area (Å²) >= 11 is 0. The van der Waals surface area contributed by atoms with Crippen LogP contribution in [-0.4, -0.2) is 68.0 Å². The molecule has 1 aromatic carbocycles. The van der Waals surface area contributed by atoms with Crippen LogP contribution in [0.2, 0.25) is 0 Å². The van der Waals surface area contributed by atoms with E-state index in [9.17, 15) is 13.2 Å². The molecule has 1 aromatic heterocycles. The minimum Gasteiger partial charge on any atom is -0.459 e. The molecule has 26 heavy (non-hydrogen) atoms. The van der Waals surface area contributed by atoms with E-state index < -0.39 is 16.0 Å². The van der Waals surface area contributed by atoms with Crippen molar-refractivity contribution in [2.45, 2.75) is 31.0 Å². The fraction of sp³-hybridized carbons (Fsp3) is 0.500. The van der Waals surface area contributed by atoms with E-state index in [1.807, 2.05) is 0 Å². The Kier molecular flexibility index (Phi) is 4.29. The van der Waals surface area contributed by atoms with Gasteiger partial charge in [0.25, 0.3) is 0 Å². The van der Waals surface area contributed by atoms with Gasteiger partial charge < -0.3 is 9.47 Å². The lowest BCUT2D eigenvalue weighted by atomic mass is 9.92. The van der Waals surface area contributed by atoms with E-state index in [1.54, 1.807) is 24.3 Å². The van der Waals surface area contributed by atoms with Crippen LogP contribution in [0.4, 0.5) is 0 Å². The number of likely N-dealkylation sites (N-methyl/N-ethyl adjacent to an activating group) is 1. The number of hydrogen-bond donors (Lipinski definition) is 0. The Hall–Kier alpha value is -1.90. The highest BCUT2D eigenvalue weighted by Gasteiger charge is 2.38. The Balaban J connectivity index is 1.61. The molecule has 4 rings (SSSR count). The standard InChI is InChI=1S/C18H22N2O5S/c1-19-12-7-14(8-13(19)11-24-10-12)25-18(21)16-9-20(26(2,22)23)17-6-4-3-5-15(16)17/h3-6,9,12-14H,7-8,10-11H2,1-2H3/t12-,13+,14?. The van der Waals surface area contributed by atoms with Crippen molar-refractivity contribution in [2.24, 2.45) is 0 Å². The van der Waals surface area contributed by atoms with E-state index in [0.29, 0.717) is 24.1 Å². The number of carbonyl (C=O) groups excluding carboxylic acids is 1. The number of fused-ring (bicyclic) bond motifs is 3. The Bertz CT molecular complexity index is 938. The maximum absolute atomic E-state index is 12.8. The van der Waals surface area contributed by atoms with Gasteiger partial charge in [0.2, 0.25) is 10.0 Å². The molecule has 1 unspecified atom stereocenters. The summed E-state index contributed by atoms with van der Waals surface area (Å²) in [7, 11) is -1.43. The van der Waals surface area contributed by atoms with Crippen molar-refractivity contribution in [1.29, 1.82) is 0 Å². The Morgan fingerprint density at radius 1 is 1.19 bits per heavy atom. The summed E-state index contributed by atoms with van der Waals surface area (Å²) in [5.74, 6) is -0.475. The van der Waals surface area contributed by atoms with E-state index in [1.165, 1.54) is 6.20 Å². The molecule has 3 heterocycles. The number of aromatic nitrogens is 1. The predicted octanol–water partition coefficient (Wildman–Crippen LogP) is 1.47. The van der Waals surface area contributed by atoms with Gasteiger partial charge >= 0.3 is 5.97 Å². The van der Waals surface area contributed by atoms with Gasteiger partial charge in [-0.05, 0) is 13.1 Å². The number of carbonyl (C=O) groups is 1. The maximum atomic E-state index is 12.8. The lowest BCUT2D eigenvalue weighted by molar-refractivity contribution is -0.0970. The fourth-order valence-corrected chi connectivity index (χ4v) is 4.76. The van der Waals surface area contributed by atoms with Gasteiger partial charge in [-0.1, -0.05) is 18.2 Å². The lowest BCUT2D eigenvalue weighted by Gasteiger charge is -2.46. The van der Waals surface area contributed by atoms with E-state index in [0.717, 1.165) is 23.1 Å². The van der Waals surface area contributed by atoms with Crippen molar-refractivity contribution in [3.63, 3.8) is 0 Å². The maximum Gasteiger partial charge on any atom is 0.340 e. The molecule has 7 nitrogen and oxygen atoms in total. The summed E-state index contributed by atoms with van der Waals surface area (Å²) in [6.07, 6.45) is 3.75. The molecule has 0 aliphatic carbocycles. The number of piperidine rings is 1. The monoisotopic (exact) mass is 378 g/mol. The average Bonchev–Trinajstić information content (AvgIpc) is 2.96. The first-order valence-electron chi connectivity index (χ1n) is 8.66. The zero-order chi connectivity index (χ0) is 18.5. The lowest BCUT2D eigenvalue weighted by Crippen LogP contribution is -2.56. The van der Waals surface area contributed by atoms with Gasteiger partial charge in [-0.3, -0.25) is 4.90 Å². The number of esters is 1. The van der Waals surface area contributed by atoms with Crippen LogP contribution >= 0.6 is 0 Å². The van der Waals surface area contributed by atoms with Crippen LogP contribution in [0.15, 0.2) is 30.5 Å². The van der Waals surface area contributed by atoms with Gasteiger partial charge in [0, 0.05) is 36.5 Å². The first-order chi connectivity index (χ1) is 12.3. The molecule has 2 saturated heterocycles. The normalized spacial score (nSPS) is 26.8. The van der Waals surface area contributed by atoms with Crippen molar-refractivity contribution < 1.29 is 22.7 Å². The number of ether oxygens (including phenoxy) is 2. The largest absolute Gasteiger partial charge is 0.459 e. The SMILES string of the molecule is CN1[C@@H]2COC[C@H]1CC(OC(=O)c1cn(S(C)(=O)=O)c3ccccc13)C2. The van der Waals surface area contributed by atoms with Crippen LogP contribution in [0.25, 0.3) is 10.9 Å². The summed E-state index contributed by atoms with van der Waals surface area (Å²) in [6, 6.07) is 7.45. The molecule has 0 radical (unpaired) electrons. The molecule has 140 valence electrons. The number of benzene rings is 1. The number of rotatable bonds is 3. The zero-order valence-corrected chi connectivity index (χ0v) is 15.6. The number of hydrogen-bond acceptors (Lipinski definition) is 6. The number of nitrogens with zero attached hydrogens (tertiary/aromatic N) is 2. The first kappa shape index (κ1) is 17.5. The van der Waals surface area contributed by atoms with Crippen molar-refractivity contribution in [3.8, 4) is 0 Å². The van der Waals surface area contributed by atoms with Gasteiger partial charge in [-0.15, -0.1) is 0 Å². The average molecular weight is 378 g/mol. The van der Waals surface area contributed by atoms with Crippen LogP contribution in [0.3, 0.4) is 0 Å². The number of morpholine rings is 1. The van der Waals surface area contributed by atoms with Crippen molar-refractivity contribution >= 4 is 26.9 Å². The Morgan fingerprint density at radius 3 is 2.50 bits per heavy atom. The highest BCUT2D eigenvalue weighted by atomic mass is 32.2. The predicted molar refractivity (Wildman–Crippen MR) is 96.8 cm³/mol. The molecule has 3 atom stereocenters. The summed E-state index contributed by atoms with van der Waals surface area (Å²) < 4.78 is 36.6. The third-order valence-electron chi connectivity index (χ3n) is 5.37. The third kappa shape index (κ3) is 3.02. The molecule has 2 fully saturated rings. The van der Waals surface area contributed by atoms with E-state index >= 15 is 0 Å². The minimum atomic E-state index is -3.51. The minimum absolute atomic E-state index is 0.182. The summed E-state index contributed by atoms with van der Waals surface area (Å²) in [6.45, 7) is 1.29. The Labute approximate surface area is 152 Å². The quantitative estimate of drug-likeness (QED) is 0.753. The molecule has 2 aliphatic heterocycles. The molecule has 0 N–H and O–H groups in total. The molecule has 2 aliphatic rings. The highest BCUT2D eigenvalue weighted by Crippen LogP contribution is 2.30. The molecule has 0 spiro atoms. The summed E-state index contributed by atoms with van der Waals surface area (Å²) in [5, 5.41) is 0.583. The zero-order valence-electron chi connectivity index (χ0n) is 14.8. The van der Waals surface area contributed by atoms with Crippen LogP contribution in [0.5, 0.6) is 0 Å². The molecule has 0 saturated carbocycles. The highest BCUT2D eigenvalue weighted by molar-refractivity contribution is 7.89. The third-order valence-corrected chi connectivity index (χ3v) is 6.39.